The fourth-order valence-electron chi connectivity index (χ4n) is 11.2. The third kappa shape index (κ3) is 14.6. The number of piperazine rings is 1. The molecule has 3 aromatic carbocycles. The zero-order valence-corrected chi connectivity index (χ0v) is 51.5. The molecule has 0 spiro atoms. The van der Waals surface area contributed by atoms with E-state index in [1.54, 1.807) is 50.4 Å². The number of rotatable bonds is 21. The Bertz CT molecular complexity index is 3270. The molecule has 3 atom stereocenters. The topological polar surface area (TPSA) is 232 Å². The van der Waals surface area contributed by atoms with Crippen LogP contribution in [0.1, 0.15) is 70.2 Å². The molecule has 0 radical (unpaired) electrons. The Balaban J connectivity index is 0.702. The van der Waals surface area contributed by atoms with Crippen molar-refractivity contribution in [2.24, 2.45) is 5.41 Å². The van der Waals surface area contributed by atoms with Gasteiger partial charge in [0.1, 0.15) is 36.3 Å². The summed E-state index contributed by atoms with van der Waals surface area (Å²) in [5, 5.41) is 24.0. The van der Waals surface area contributed by atoms with Crippen LogP contribution in [0.2, 0.25) is 0 Å². The molecule has 0 saturated carbocycles. The van der Waals surface area contributed by atoms with E-state index in [9.17, 15) is 24.1 Å². The molecule has 3 aromatic heterocycles. The number of amides is 3. The van der Waals surface area contributed by atoms with Gasteiger partial charge in [0.15, 0.2) is 0 Å². The molecule has 23 heteroatoms. The van der Waals surface area contributed by atoms with Gasteiger partial charge in [-0.25, -0.2) is 9.97 Å². The van der Waals surface area contributed by atoms with Gasteiger partial charge in [0.05, 0.1) is 69.2 Å². The highest BCUT2D eigenvalue weighted by molar-refractivity contribution is 9.10. The van der Waals surface area contributed by atoms with Crippen LogP contribution in [-0.4, -0.2) is 173 Å². The Morgan fingerprint density at radius 1 is 0.927 bits per heavy atom. The summed E-state index contributed by atoms with van der Waals surface area (Å²) in [6.07, 6.45) is 7.19. The molecule has 438 valence electrons. The summed E-state index contributed by atoms with van der Waals surface area (Å²) in [6, 6.07) is 14.6. The monoisotopic (exact) mass is 1220 g/mol. The molecule has 3 amide bonds. The minimum Gasteiger partial charge on any atom is -0.494 e. The number of carbonyl (C=O) groups excluding carboxylic acids is 3. The molecule has 0 bridgehead atoms. The molecule has 3 aliphatic heterocycles. The van der Waals surface area contributed by atoms with Crippen LogP contribution >= 0.6 is 34.4 Å². The number of thiazole rings is 1. The maximum Gasteiger partial charge on any atom is 0.246 e. The van der Waals surface area contributed by atoms with Gasteiger partial charge in [-0.2, -0.15) is 4.98 Å². The van der Waals surface area contributed by atoms with Gasteiger partial charge in [0.2, 0.25) is 23.7 Å². The van der Waals surface area contributed by atoms with Crippen molar-refractivity contribution in [2.75, 3.05) is 102 Å². The fraction of sp³-hybridized carbons (Fsp3) is 0.492. The Hall–Kier alpha value is -6.13. The first-order valence-corrected chi connectivity index (χ1v) is 32.5. The highest BCUT2D eigenvalue weighted by Gasteiger charge is 2.44. The lowest BCUT2D eigenvalue weighted by Crippen LogP contribution is -2.57. The lowest BCUT2D eigenvalue weighted by atomic mass is 9.85. The number of nitrogens with one attached hydrogen (secondary N) is 4. The van der Waals surface area contributed by atoms with Gasteiger partial charge in [0.25, 0.3) is 0 Å². The first-order chi connectivity index (χ1) is 39.3. The molecular weight excluding hydrogens is 1150 g/mol. The number of ether oxygens (including phenoxy) is 2. The van der Waals surface area contributed by atoms with Gasteiger partial charge < -0.3 is 50.2 Å². The molecule has 3 saturated heterocycles. The van der Waals surface area contributed by atoms with Crippen molar-refractivity contribution in [2.45, 2.75) is 97.5 Å². The van der Waals surface area contributed by atoms with Gasteiger partial charge in [-0.3, -0.25) is 34.2 Å². The minimum atomic E-state index is -2.79. The van der Waals surface area contributed by atoms with Crippen LogP contribution in [0.5, 0.6) is 5.75 Å². The third-order valence-electron chi connectivity index (χ3n) is 15.6. The third-order valence-corrected chi connectivity index (χ3v) is 18.7. The van der Waals surface area contributed by atoms with Crippen LogP contribution < -0.4 is 36.2 Å². The van der Waals surface area contributed by atoms with Crippen LogP contribution in [0.25, 0.3) is 21.5 Å². The number of aryl methyl sites for hydroxylation is 2. The Kier molecular flexibility index (Phi) is 19.6. The Morgan fingerprint density at radius 3 is 2.35 bits per heavy atom. The van der Waals surface area contributed by atoms with Crippen molar-refractivity contribution in [3.05, 3.63) is 93.9 Å². The number of fused-ring (bicyclic) bond motifs is 1. The van der Waals surface area contributed by atoms with Crippen molar-refractivity contribution in [1.29, 1.82) is 0 Å². The van der Waals surface area contributed by atoms with Gasteiger partial charge >= 0.3 is 0 Å². The molecule has 3 aliphatic rings. The van der Waals surface area contributed by atoms with Gasteiger partial charge in [-0.05, 0) is 95.8 Å². The Morgan fingerprint density at radius 2 is 1.67 bits per heavy atom. The molecule has 3 fully saturated rings. The summed E-state index contributed by atoms with van der Waals surface area (Å²) in [5.74, 6) is 0.496. The Labute approximate surface area is 493 Å². The molecule has 6 aromatic rings. The maximum atomic E-state index is 14.1. The molecule has 9 rings (SSSR count). The van der Waals surface area contributed by atoms with E-state index < -0.39 is 36.7 Å². The second-order valence-corrected chi connectivity index (χ2v) is 27.7. The average Bonchev–Trinajstić information content (AvgIpc) is 3.85. The molecule has 0 aliphatic carbocycles. The van der Waals surface area contributed by atoms with Crippen LogP contribution in [0.15, 0.2) is 77.1 Å². The number of halogens is 1. The second-order valence-electron chi connectivity index (χ2n) is 22.8. The maximum absolute atomic E-state index is 14.1. The number of nitrogens with zero attached hydrogens (tertiary/aromatic N) is 9. The lowest BCUT2D eigenvalue weighted by molar-refractivity contribution is -0.144. The number of aliphatic hydroxyl groups excluding tert-OH is 1. The molecule has 20 nitrogen and oxygen atoms in total. The zero-order chi connectivity index (χ0) is 58.3. The summed E-state index contributed by atoms with van der Waals surface area (Å²) in [6.45, 7) is 20.7. The normalized spacial score (nSPS) is 17.9. The number of benzene rings is 3. The van der Waals surface area contributed by atoms with E-state index >= 15 is 0 Å². The second kappa shape index (κ2) is 26.6. The number of aliphatic hydroxyl groups is 1. The number of anilines is 5. The predicted octanol–water partition coefficient (Wildman–Crippen LogP) is 7.72. The number of likely N-dealkylation sites (tertiary alicyclic amines) is 1. The fourth-order valence-corrected chi connectivity index (χ4v) is 13.7. The van der Waals surface area contributed by atoms with E-state index in [2.05, 4.69) is 90.9 Å². The molecule has 82 heavy (non-hydrogen) atoms. The number of hydrogen-bond acceptors (Lipinski definition) is 18. The average molecular weight is 1220 g/mol. The standard InChI is InChI=1S/C59H77BrN13O7PS/c1-9-39-30-46(67-58-64-34-43(60)55(69-58)66-45-15-14-44-51(62-20-19-61-44)52(45)81(7,8)78)49(79-6)32-47(39)72-21-16-41(17-22-72)71-25-23-70(24-26-71)27-29-80-28-18-50(75)68-54(59(3,4)5)57(77)73-35-42(74)31-48(73)56(76)63-33-38-10-12-40(13-11-38)53-37(2)65-36-82-53/h10-15,19-20,30,32,34,36,41-42,48,54,74H,9,16-18,21-29,31,33,35H2,1-8H3,(H,63,76)(H,68,75)(H2,64,66,67,69)/t42-,48+,54-/m1/s1. The highest BCUT2D eigenvalue weighted by Crippen LogP contribution is 2.42. The lowest BCUT2D eigenvalue weighted by Gasteiger charge is -2.43. The van der Waals surface area contributed by atoms with Crippen molar-refractivity contribution in [1.82, 2.24) is 50.3 Å². The number of β-amino-alcohol motifs (C(OH)–C–C–N with tert-alkyl or cyclic N) is 1. The van der Waals surface area contributed by atoms with Gasteiger partial charge in [-0.15, -0.1) is 11.3 Å². The predicted molar refractivity (Wildman–Crippen MR) is 328 cm³/mol. The smallest absolute Gasteiger partial charge is 0.246 e. The first kappa shape index (κ1) is 60.5. The van der Waals surface area contributed by atoms with E-state index in [4.69, 9.17) is 14.5 Å². The first-order valence-electron chi connectivity index (χ1n) is 28.2. The summed E-state index contributed by atoms with van der Waals surface area (Å²) < 4.78 is 26.2. The molecule has 5 N–H and O–H groups in total. The van der Waals surface area contributed by atoms with Crippen LogP contribution in [0.4, 0.5) is 28.8 Å². The van der Waals surface area contributed by atoms with E-state index in [1.165, 1.54) is 10.5 Å². The van der Waals surface area contributed by atoms with Crippen LogP contribution in [0.3, 0.4) is 0 Å². The zero-order valence-electron chi connectivity index (χ0n) is 48.2. The minimum absolute atomic E-state index is 0.00988. The van der Waals surface area contributed by atoms with Crippen LogP contribution in [0, 0.1) is 12.3 Å². The largest absolute Gasteiger partial charge is 0.494 e. The summed E-state index contributed by atoms with van der Waals surface area (Å²) >= 11 is 5.18. The molecular formula is C59H77BrN13O7PS. The summed E-state index contributed by atoms with van der Waals surface area (Å²) in [5.41, 5.74) is 9.09. The quantitative estimate of drug-likeness (QED) is 0.0343. The van der Waals surface area contributed by atoms with E-state index in [0.717, 1.165) is 98.1 Å². The van der Waals surface area contributed by atoms with E-state index in [0.29, 0.717) is 56.7 Å². The number of carbonyl (C=O) groups is 3. The van der Waals surface area contributed by atoms with E-state index in [1.807, 2.05) is 69.6 Å². The molecule has 6 heterocycles. The SMILES string of the molecule is CCc1cc(Nc2ncc(Br)c(Nc3ccc4nccnc4c3P(C)(C)=O)n2)c(OC)cc1N1CCC(N2CCN(CCOCCC(=O)N[C@H](C(=O)N3C[C@H](O)C[C@H]3C(=O)NCc3ccc(-c4scnc4C)cc3)C(C)(C)C)CC2)CC1. The van der Waals surface area contributed by atoms with Gasteiger partial charge in [0, 0.05) is 108 Å². The summed E-state index contributed by atoms with van der Waals surface area (Å²) in [7, 11) is -1.12. The highest BCUT2D eigenvalue weighted by atomic mass is 79.9. The van der Waals surface area contributed by atoms with E-state index in [-0.39, 0.29) is 44.4 Å². The van der Waals surface area contributed by atoms with Crippen molar-refractivity contribution in [3.8, 4) is 16.2 Å². The number of methoxy groups -OCH3 is 1. The number of aromatic nitrogens is 5. The number of piperidine rings is 1. The summed E-state index contributed by atoms with van der Waals surface area (Å²) in [4.78, 5) is 73.7. The molecule has 0 unspecified atom stereocenters. The van der Waals surface area contributed by atoms with Crippen LogP contribution in [-0.2, 0) is 36.7 Å². The van der Waals surface area contributed by atoms with Crippen molar-refractivity contribution in [3.63, 3.8) is 0 Å². The van der Waals surface area contributed by atoms with Crippen molar-refractivity contribution < 1.29 is 33.5 Å². The number of hydrogen-bond donors (Lipinski definition) is 5. The van der Waals surface area contributed by atoms with Gasteiger partial charge in [-0.1, -0.05) is 52.0 Å². The van der Waals surface area contributed by atoms with Crippen molar-refractivity contribution >= 4 is 97.3 Å².